The number of anilines is 1. The first-order chi connectivity index (χ1) is 7.68. The van der Waals surface area contributed by atoms with Crippen molar-refractivity contribution in [1.82, 2.24) is 19.9 Å². The second kappa shape index (κ2) is 4.44. The number of aromatic nitrogens is 4. The topological polar surface area (TPSA) is 85.8 Å². The summed E-state index contributed by atoms with van der Waals surface area (Å²) in [7, 11) is 1.58. The standard InChI is InChI=1S/C8H8BrN5O2/c1-14-8(15)7(9)5(2-12-14)10-3-6-11-4-16-13-6/h2,4,10H,3H2,1H3. The highest BCUT2D eigenvalue weighted by Crippen LogP contribution is 2.16. The van der Waals surface area contributed by atoms with Crippen molar-refractivity contribution in [1.29, 1.82) is 0 Å². The molecule has 8 heteroatoms. The van der Waals surface area contributed by atoms with E-state index in [0.29, 0.717) is 22.5 Å². The van der Waals surface area contributed by atoms with Crippen molar-refractivity contribution in [3.8, 4) is 0 Å². The molecule has 1 N–H and O–H groups in total. The van der Waals surface area contributed by atoms with Gasteiger partial charge in [-0.2, -0.15) is 10.1 Å². The smallest absolute Gasteiger partial charge is 0.282 e. The molecule has 0 unspecified atom stereocenters. The summed E-state index contributed by atoms with van der Waals surface area (Å²) in [6.45, 7) is 0.365. The lowest BCUT2D eigenvalue weighted by Crippen LogP contribution is -2.21. The zero-order valence-corrected chi connectivity index (χ0v) is 9.93. The fraction of sp³-hybridized carbons (Fsp3) is 0.250. The Bertz CT molecular complexity index is 536. The molecule has 0 atom stereocenters. The van der Waals surface area contributed by atoms with Crippen LogP contribution in [-0.2, 0) is 13.6 Å². The lowest BCUT2D eigenvalue weighted by atomic mass is 10.4. The van der Waals surface area contributed by atoms with Crippen molar-refractivity contribution < 1.29 is 4.52 Å². The first kappa shape index (κ1) is 10.8. The van der Waals surface area contributed by atoms with E-state index in [1.165, 1.54) is 11.1 Å². The second-order valence-corrected chi connectivity index (χ2v) is 3.79. The summed E-state index contributed by atoms with van der Waals surface area (Å²) >= 11 is 3.20. The number of hydrogen-bond donors (Lipinski definition) is 1. The van der Waals surface area contributed by atoms with E-state index in [0.717, 1.165) is 0 Å². The van der Waals surface area contributed by atoms with Crippen molar-refractivity contribution in [3.05, 3.63) is 33.2 Å². The summed E-state index contributed by atoms with van der Waals surface area (Å²) in [6.07, 6.45) is 2.79. The Morgan fingerprint density at radius 2 is 2.44 bits per heavy atom. The highest BCUT2D eigenvalue weighted by atomic mass is 79.9. The highest BCUT2D eigenvalue weighted by Gasteiger charge is 2.07. The number of nitrogens with zero attached hydrogens (tertiary/aromatic N) is 4. The molecule has 2 rings (SSSR count). The second-order valence-electron chi connectivity index (χ2n) is 3.00. The Hall–Kier alpha value is -1.70. The largest absolute Gasteiger partial charge is 0.375 e. The predicted molar refractivity (Wildman–Crippen MR) is 58.8 cm³/mol. The zero-order valence-electron chi connectivity index (χ0n) is 8.35. The van der Waals surface area contributed by atoms with Gasteiger partial charge in [0.15, 0.2) is 5.82 Å². The molecule has 0 fully saturated rings. The van der Waals surface area contributed by atoms with Crippen molar-refractivity contribution in [2.24, 2.45) is 7.05 Å². The van der Waals surface area contributed by atoms with Crippen LogP contribution < -0.4 is 10.9 Å². The molecule has 0 aliphatic heterocycles. The third kappa shape index (κ3) is 2.11. The first-order valence-corrected chi connectivity index (χ1v) is 5.18. The number of halogens is 1. The van der Waals surface area contributed by atoms with Crippen molar-refractivity contribution >= 4 is 21.6 Å². The van der Waals surface area contributed by atoms with Gasteiger partial charge < -0.3 is 9.84 Å². The summed E-state index contributed by atoms with van der Waals surface area (Å²) in [5.74, 6) is 0.507. The van der Waals surface area contributed by atoms with Gasteiger partial charge in [0, 0.05) is 7.05 Å². The van der Waals surface area contributed by atoms with Gasteiger partial charge in [-0.25, -0.2) is 4.68 Å². The maximum Gasteiger partial charge on any atom is 0.282 e. The Morgan fingerprint density at radius 1 is 1.62 bits per heavy atom. The Labute approximate surface area is 98.6 Å². The van der Waals surface area contributed by atoms with Gasteiger partial charge in [0.2, 0.25) is 6.39 Å². The number of aryl methyl sites for hydroxylation is 1. The fourth-order valence-corrected chi connectivity index (χ4v) is 1.58. The molecule has 0 radical (unpaired) electrons. The average molecular weight is 286 g/mol. The van der Waals surface area contributed by atoms with Gasteiger partial charge in [-0.15, -0.1) is 0 Å². The van der Waals surface area contributed by atoms with Gasteiger partial charge in [-0.05, 0) is 15.9 Å². The summed E-state index contributed by atoms with van der Waals surface area (Å²) in [6, 6.07) is 0. The van der Waals surface area contributed by atoms with Crippen LogP contribution in [0.25, 0.3) is 0 Å². The maximum atomic E-state index is 11.5. The summed E-state index contributed by atoms with van der Waals surface area (Å²) < 4.78 is 6.25. The molecule has 0 bridgehead atoms. The molecule has 0 aromatic carbocycles. The molecular formula is C8H8BrN5O2. The molecule has 7 nitrogen and oxygen atoms in total. The van der Waals surface area contributed by atoms with Crippen LogP contribution >= 0.6 is 15.9 Å². The zero-order chi connectivity index (χ0) is 11.5. The minimum absolute atomic E-state index is 0.210. The van der Waals surface area contributed by atoms with E-state index in [4.69, 9.17) is 0 Å². The van der Waals surface area contributed by atoms with E-state index >= 15 is 0 Å². The van der Waals surface area contributed by atoms with Crippen LogP contribution in [0.1, 0.15) is 5.82 Å². The highest BCUT2D eigenvalue weighted by molar-refractivity contribution is 9.10. The average Bonchev–Trinajstić information content (AvgIpc) is 2.78. The van der Waals surface area contributed by atoms with Gasteiger partial charge in [-0.1, -0.05) is 5.16 Å². The van der Waals surface area contributed by atoms with Crippen LogP contribution in [0.3, 0.4) is 0 Å². The molecule has 0 aliphatic rings. The van der Waals surface area contributed by atoms with Crippen LogP contribution in [-0.4, -0.2) is 19.9 Å². The molecule has 0 amide bonds. The quantitative estimate of drug-likeness (QED) is 0.886. The van der Waals surface area contributed by atoms with Crippen LogP contribution in [0.4, 0.5) is 5.69 Å². The molecule has 0 spiro atoms. The van der Waals surface area contributed by atoms with E-state index in [1.54, 1.807) is 13.2 Å². The lowest BCUT2D eigenvalue weighted by molar-refractivity contribution is 0.411. The molecule has 16 heavy (non-hydrogen) atoms. The minimum Gasteiger partial charge on any atom is -0.375 e. The molecule has 0 aliphatic carbocycles. The third-order valence-corrected chi connectivity index (χ3v) is 2.69. The molecule has 2 heterocycles. The summed E-state index contributed by atoms with van der Waals surface area (Å²) in [5.41, 5.74) is 0.381. The third-order valence-electron chi connectivity index (χ3n) is 1.92. The van der Waals surface area contributed by atoms with Gasteiger partial charge in [0.25, 0.3) is 5.56 Å². The van der Waals surface area contributed by atoms with E-state index < -0.39 is 0 Å². The molecule has 2 aromatic rings. The maximum absolute atomic E-state index is 11.5. The van der Waals surface area contributed by atoms with Gasteiger partial charge >= 0.3 is 0 Å². The molecule has 2 aromatic heterocycles. The van der Waals surface area contributed by atoms with Gasteiger partial charge in [-0.3, -0.25) is 4.79 Å². The van der Waals surface area contributed by atoms with E-state index in [1.807, 2.05) is 0 Å². The van der Waals surface area contributed by atoms with Crippen LogP contribution in [0, 0.1) is 0 Å². The SMILES string of the molecule is Cn1ncc(NCc2ncon2)c(Br)c1=O. The number of nitrogens with one attached hydrogen (secondary N) is 1. The van der Waals surface area contributed by atoms with Crippen molar-refractivity contribution in [2.75, 3.05) is 5.32 Å². The van der Waals surface area contributed by atoms with Crippen LogP contribution in [0.2, 0.25) is 0 Å². The van der Waals surface area contributed by atoms with E-state index in [-0.39, 0.29) is 5.56 Å². The molecule has 0 saturated carbocycles. The number of hydrogen-bond acceptors (Lipinski definition) is 6. The van der Waals surface area contributed by atoms with E-state index in [2.05, 4.69) is 41.0 Å². The monoisotopic (exact) mass is 285 g/mol. The van der Waals surface area contributed by atoms with Crippen LogP contribution in [0.5, 0.6) is 0 Å². The van der Waals surface area contributed by atoms with Crippen molar-refractivity contribution in [3.63, 3.8) is 0 Å². The van der Waals surface area contributed by atoms with Crippen LogP contribution in [0.15, 0.2) is 26.4 Å². The van der Waals surface area contributed by atoms with Gasteiger partial charge in [0.1, 0.15) is 4.47 Å². The predicted octanol–water partition coefficient (Wildman–Crippen LogP) is 0.538. The number of rotatable bonds is 3. The normalized spacial score (nSPS) is 10.4. The minimum atomic E-state index is -0.210. The summed E-state index contributed by atoms with van der Waals surface area (Å²) in [5, 5.41) is 10.5. The first-order valence-electron chi connectivity index (χ1n) is 4.39. The molecule has 0 saturated heterocycles. The van der Waals surface area contributed by atoms with Gasteiger partial charge in [0.05, 0.1) is 18.4 Å². The van der Waals surface area contributed by atoms with Crippen molar-refractivity contribution in [2.45, 2.75) is 6.54 Å². The van der Waals surface area contributed by atoms with E-state index in [9.17, 15) is 4.79 Å². The molecular weight excluding hydrogens is 278 g/mol. The molecule has 84 valence electrons. The fourth-order valence-electron chi connectivity index (χ4n) is 1.08. The Balaban J connectivity index is 2.16. The Morgan fingerprint density at radius 3 is 3.12 bits per heavy atom. The summed E-state index contributed by atoms with van der Waals surface area (Å²) in [4.78, 5) is 15.4. The lowest BCUT2D eigenvalue weighted by Gasteiger charge is -2.05. The Kier molecular flexibility index (Phi) is 3.00.